The number of hydrogen-bond donors (Lipinski definition) is 3. The highest BCUT2D eigenvalue weighted by molar-refractivity contribution is 5.95. The Morgan fingerprint density at radius 1 is 1.25 bits per heavy atom. The molecule has 0 unspecified atom stereocenters. The van der Waals surface area contributed by atoms with E-state index in [9.17, 15) is 9.59 Å². The lowest BCUT2D eigenvalue weighted by atomic mass is 9.97. The van der Waals surface area contributed by atoms with Gasteiger partial charge in [-0.1, -0.05) is 12.1 Å². The molecule has 1 aromatic carbocycles. The van der Waals surface area contributed by atoms with Crippen molar-refractivity contribution in [3.63, 3.8) is 0 Å². The van der Waals surface area contributed by atoms with Gasteiger partial charge < -0.3 is 21.7 Å². The Morgan fingerprint density at radius 3 is 2.89 bits per heavy atom. The van der Waals surface area contributed by atoms with Crippen LogP contribution in [0.2, 0.25) is 0 Å². The average Bonchev–Trinajstić information content (AvgIpc) is 2.71. The number of nitrogens with zero attached hydrogens (tertiary/aromatic N) is 2. The summed E-state index contributed by atoms with van der Waals surface area (Å²) in [5, 5.41) is 2.96. The highest BCUT2D eigenvalue weighted by Gasteiger charge is 2.23. The van der Waals surface area contributed by atoms with E-state index in [1.165, 1.54) is 0 Å². The lowest BCUT2D eigenvalue weighted by Gasteiger charge is -2.31. The standard InChI is InChI=1S/C21H27N5O2/c22-18-8-2-9-24-19(18)15-5-1-6-16(13-15)21(28)25-10-4-12-26-11-3-7-17(14-26)20(23)27/h1-2,5-6,8-9,13,17H,3-4,7,10-12,14,22H2,(H2,23,27)(H,25,28)/t17-/m0/s1. The number of rotatable bonds is 7. The summed E-state index contributed by atoms with van der Waals surface area (Å²) in [6.45, 7) is 3.11. The lowest BCUT2D eigenvalue weighted by Crippen LogP contribution is -2.42. The minimum atomic E-state index is -0.216. The van der Waals surface area contributed by atoms with Gasteiger partial charge in [0.2, 0.25) is 5.91 Å². The molecule has 1 saturated heterocycles. The normalized spacial score (nSPS) is 17.2. The molecule has 3 rings (SSSR count). The van der Waals surface area contributed by atoms with Gasteiger partial charge in [0, 0.05) is 30.4 Å². The van der Waals surface area contributed by atoms with Crippen LogP contribution in [0.3, 0.4) is 0 Å². The van der Waals surface area contributed by atoms with E-state index in [4.69, 9.17) is 11.5 Å². The van der Waals surface area contributed by atoms with Gasteiger partial charge in [-0.25, -0.2) is 0 Å². The van der Waals surface area contributed by atoms with Crippen LogP contribution in [0.4, 0.5) is 5.69 Å². The van der Waals surface area contributed by atoms with Gasteiger partial charge in [0.15, 0.2) is 0 Å². The van der Waals surface area contributed by atoms with Gasteiger partial charge in [-0.15, -0.1) is 0 Å². The molecule has 1 atom stereocenters. The summed E-state index contributed by atoms with van der Waals surface area (Å²) in [6, 6.07) is 10.9. The molecule has 0 saturated carbocycles. The Hall–Kier alpha value is -2.93. The molecule has 2 heterocycles. The summed E-state index contributed by atoms with van der Waals surface area (Å²) in [7, 11) is 0. The number of anilines is 1. The molecule has 2 aromatic rings. The van der Waals surface area contributed by atoms with Crippen LogP contribution in [-0.2, 0) is 4.79 Å². The van der Waals surface area contributed by atoms with Crippen LogP contribution in [0, 0.1) is 5.92 Å². The first-order valence-electron chi connectivity index (χ1n) is 9.65. The maximum absolute atomic E-state index is 12.5. The third-order valence-electron chi connectivity index (χ3n) is 5.08. The Balaban J connectivity index is 1.50. The smallest absolute Gasteiger partial charge is 0.251 e. The molecule has 0 spiro atoms. The third kappa shape index (κ3) is 5.07. The molecule has 28 heavy (non-hydrogen) atoms. The highest BCUT2D eigenvalue weighted by Crippen LogP contribution is 2.23. The molecule has 7 nitrogen and oxygen atoms in total. The second kappa shape index (κ2) is 9.32. The first-order chi connectivity index (χ1) is 13.5. The predicted molar refractivity (Wildman–Crippen MR) is 109 cm³/mol. The van der Waals surface area contributed by atoms with E-state index in [0.717, 1.165) is 44.5 Å². The van der Waals surface area contributed by atoms with Crippen molar-refractivity contribution in [1.82, 2.24) is 15.2 Å². The lowest BCUT2D eigenvalue weighted by molar-refractivity contribution is -0.123. The van der Waals surface area contributed by atoms with Gasteiger partial charge in [-0.05, 0) is 56.6 Å². The third-order valence-corrected chi connectivity index (χ3v) is 5.08. The average molecular weight is 381 g/mol. The van der Waals surface area contributed by atoms with Crippen LogP contribution in [0.5, 0.6) is 0 Å². The van der Waals surface area contributed by atoms with Crippen molar-refractivity contribution in [1.29, 1.82) is 0 Å². The van der Waals surface area contributed by atoms with Gasteiger partial charge in [0.05, 0.1) is 17.3 Å². The van der Waals surface area contributed by atoms with Crippen molar-refractivity contribution in [2.75, 3.05) is 31.9 Å². The Kier molecular flexibility index (Phi) is 6.60. The zero-order chi connectivity index (χ0) is 19.9. The number of nitrogen functional groups attached to an aromatic ring is 1. The zero-order valence-corrected chi connectivity index (χ0v) is 15.9. The molecule has 1 fully saturated rings. The number of amides is 2. The molecule has 1 aliphatic heterocycles. The van der Waals surface area contributed by atoms with Gasteiger partial charge in [-0.2, -0.15) is 0 Å². The molecule has 148 valence electrons. The number of aromatic nitrogens is 1. The van der Waals surface area contributed by atoms with E-state index in [1.54, 1.807) is 30.5 Å². The molecular formula is C21H27N5O2. The number of nitrogens with one attached hydrogen (secondary N) is 1. The summed E-state index contributed by atoms with van der Waals surface area (Å²) in [6.07, 6.45) is 4.37. The van der Waals surface area contributed by atoms with Crippen LogP contribution in [0.1, 0.15) is 29.6 Å². The van der Waals surface area contributed by atoms with E-state index in [-0.39, 0.29) is 17.7 Å². The Bertz CT molecular complexity index is 839. The molecule has 0 radical (unpaired) electrons. The van der Waals surface area contributed by atoms with Crippen molar-refractivity contribution in [3.05, 3.63) is 48.2 Å². The fourth-order valence-electron chi connectivity index (χ4n) is 3.56. The van der Waals surface area contributed by atoms with E-state index in [1.807, 2.05) is 12.1 Å². The number of likely N-dealkylation sites (tertiary alicyclic amines) is 1. The first-order valence-corrected chi connectivity index (χ1v) is 9.65. The van der Waals surface area contributed by atoms with Crippen LogP contribution in [-0.4, -0.2) is 47.9 Å². The fourth-order valence-corrected chi connectivity index (χ4v) is 3.56. The van der Waals surface area contributed by atoms with E-state index < -0.39 is 0 Å². The summed E-state index contributed by atoms with van der Waals surface area (Å²) >= 11 is 0. The summed E-state index contributed by atoms with van der Waals surface area (Å²) in [4.78, 5) is 30.4. The minimum absolute atomic E-state index is 0.0508. The largest absolute Gasteiger partial charge is 0.397 e. The van der Waals surface area contributed by atoms with Gasteiger partial charge in [0.25, 0.3) is 5.91 Å². The fraction of sp³-hybridized carbons (Fsp3) is 0.381. The van der Waals surface area contributed by atoms with Crippen molar-refractivity contribution >= 4 is 17.5 Å². The second-order valence-electron chi connectivity index (χ2n) is 7.17. The van der Waals surface area contributed by atoms with Crippen LogP contribution >= 0.6 is 0 Å². The molecule has 1 aliphatic rings. The maximum atomic E-state index is 12.5. The van der Waals surface area contributed by atoms with Crippen molar-refractivity contribution < 1.29 is 9.59 Å². The maximum Gasteiger partial charge on any atom is 0.251 e. The summed E-state index contributed by atoms with van der Waals surface area (Å²) in [5.74, 6) is -0.387. The molecule has 0 aliphatic carbocycles. The number of carbonyl (C=O) groups is 2. The molecule has 2 amide bonds. The van der Waals surface area contributed by atoms with Crippen LogP contribution < -0.4 is 16.8 Å². The van der Waals surface area contributed by atoms with E-state index in [2.05, 4.69) is 15.2 Å². The van der Waals surface area contributed by atoms with E-state index in [0.29, 0.717) is 23.5 Å². The number of pyridine rings is 1. The monoisotopic (exact) mass is 381 g/mol. The topological polar surface area (TPSA) is 114 Å². The van der Waals surface area contributed by atoms with Crippen LogP contribution in [0.25, 0.3) is 11.3 Å². The summed E-state index contributed by atoms with van der Waals surface area (Å²) in [5.41, 5.74) is 14.0. The molecule has 5 N–H and O–H groups in total. The number of hydrogen-bond acceptors (Lipinski definition) is 5. The number of nitrogens with two attached hydrogens (primary N) is 2. The number of carbonyl (C=O) groups excluding carboxylic acids is 2. The first kappa shape index (κ1) is 19.8. The van der Waals surface area contributed by atoms with Crippen molar-refractivity contribution in [2.24, 2.45) is 11.7 Å². The molecular weight excluding hydrogens is 354 g/mol. The SMILES string of the molecule is NC(=O)[C@H]1CCCN(CCCNC(=O)c2cccc(-c3ncccc3N)c2)C1. The number of benzene rings is 1. The quantitative estimate of drug-likeness (QED) is 0.631. The molecule has 0 bridgehead atoms. The minimum Gasteiger partial charge on any atom is -0.397 e. The van der Waals surface area contributed by atoms with Gasteiger partial charge in [0.1, 0.15) is 0 Å². The van der Waals surface area contributed by atoms with E-state index >= 15 is 0 Å². The number of primary amides is 1. The van der Waals surface area contributed by atoms with Crippen LogP contribution in [0.15, 0.2) is 42.6 Å². The number of piperidine rings is 1. The van der Waals surface area contributed by atoms with Gasteiger partial charge in [-0.3, -0.25) is 14.6 Å². The summed E-state index contributed by atoms with van der Waals surface area (Å²) < 4.78 is 0. The molecule has 7 heteroatoms. The second-order valence-corrected chi connectivity index (χ2v) is 7.17. The zero-order valence-electron chi connectivity index (χ0n) is 15.9. The predicted octanol–water partition coefficient (Wildman–Crippen LogP) is 1.65. The molecule has 1 aromatic heterocycles. The Labute approximate surface area is 165 Å². The van der Waals surface area contributed by atoms with Gasteiger partial charge >= 0.3 is 0 Å². The van der Waals surface area contributed by atoms with Crippen molar-refractivity contribution in [2.45, 2.75) is 19.3 Å². The van der Waals surface area contributed by atoms with Crippen molar-refractivity contribution in [3.8, 4) is 11.3 Å². The Morgan fingerprint density at radius 2 is 2.11 bits per heavy atom. The highest BCUT2D eigenvalue weighted by atomic mass is 16.2.